The summed E-state index contributed by atoms with van der Waals surface area (Å²) in [5.74, 6) is 0. The molecule has 0 fully saturated rings. The van der Waals surface area contributed by atoms with E-state index in [1.807, 2.05) is 0 Å². The summed E-state index contributed by atoms with van der Waals surface area (Å²) in [5.41, 5.74) is 3.87. The van der Waals surface area contributed by atoms with Crippen LogP contribution in [0.3, 0.4) is 0 Å². The molecular formula is C36H36P2. The third-order valence-corrected chi connectivity index (χ3v) is 13.2. The van der Waals surface area contributed by atoms with Crippen LogP contribution in [0.2, 0.25) is 0 Å². The summed E-state index contributed by atoms with van der Waals surface area (Å²) in [6.07, 6.45) is 2.23. The van der Waals surface area contributed by atoms with Crippen LogP contribution >= 0.6 is 15.8 Å². The van der Waals surface area contributed by atoms with Gasteiger partial charge in [0.15, 0.2) is 0 Å². The van der Waals surface area contributed by atoms with Crippen molar-refractivity contribution in [2.24, 2.45) is 0 Å². The van der Waals surface area contributed by atoms with Gasteiger partial charge in [0.25, 0.3) is 0 Å². The molecule has 0 saturated carbocycles. The van der Waals surface area contributed by atoms with Crippen LogP contribution in [0.25, 0.3) is 0 Å². The number of benzene rings is 5. The van der Waals surface area contributed by atoms with Crippen LogP contribution in [0.15, 0.2) is 146 Å². The van der Waals surface area contributed by atoms with Crippen LogP contribution in [-0.4, -0.2) is 0 Å². The van der Waals surface area contributed by atoms with E-state index in [1.165, 1.54) is 32.3 Å². The average molecular weight is 531 g/mol. The first kappa shape index (κ1) is 26.6. The fourth-order valence-electron chi connectivity index (χ4n) is 5.48. The first-order valence-corrected chi connectivity index (χ1v) is 16.5. The lowest BCUT2D eigenvalue weighted by molar-refractivity contribution is 0.862. The Bertz CT molecular complexity index is 1200. The maximum atomic E-state index is 2.55. The molecule has 0 nitrogen and oxygen atoms in total. The number of rotatable bonds is 10. The second-order valence-electron chi connectivity index (χ2n) is 9.60. The van der Waals surface area contributed by atoms with E-state index < -0.39 is 15.8 Å². The molecule has 5 aromatic carbocycles. The predicted octanol–water partition coefficient (Wildman–Crippen LogP) is 8.85. The van der Waals surface area contributed by atoms with Crippen LogP contribution < -0.4 is 21.2 Å². The molecule has 0 aliphatic rings. The summed E-state index contributed by atoms with van der Waals surface area (Å²) in [4.78, 5) is 0. The molecule has 2 heteroatoms. The minimum atomic E-state index is -0.524. The van der Waals surface area contributed by atoms with Crippen molar-refractivity contribution in [2.45, 2.75) is 38.0 Å². The minimum absolute atomic E-state index is 0.465. The van der Waals surface area contributed by atoms with Crippen LogP contribution in [0, 0.1) is 0 Å². The van der Waals surface area contributed by atoms with Gasteiger partial charge in [-0.1, -0.05) is 159 Å². The molecule has 5 aromatic rings. The van der Waals surface area contributed by atoms with Gasteiger partial charge in [0.05, 0.1) is 0 Å². The fraction of sp³-hybridized carbons (Fsp3) is 0.167. The Morgan fingerprint density at radius 3 is 0.947 bits per heavy atom. The molecular weight excluding hydrogens is 494 g/mol. The molecule has 0 radical (unpaired) electrons. The third-order valence-electron chi connectivity index (χ3n) is 7.21. The molecule has 0 unspecified atom stereocenters. The van der Waals surface area contributed by atoms with Gasteiger partial charge in [0.2, 0.25) is 0 Å². The molecule has 0 saturated heterocycles. The Labute approximate surface area is 231 Å². The van der Waals surface area contributed by atoms with Crippen molar-refractivity contribution in [3.63, 3.8) is 0 Å². The van der Waals surface area contributed by atoms with Crippen LogP contribution in [0.4, 0.5) is 0 Å². The lowest BCUT2D eigenvalue weighted by Crippen LogP contribution is -2.18. The van der Waals surface area contributed by atoms with E-state index in [9.17, 15) is 0 Å². The maximum absolute atomic E-state index is 2.55. The van der Waals surface area contributed by atoms with E-state index in [0.29, 0.717) is 11.3 Å². The highest BCUT2D eigenvalue weighted by Gasteiger charge is 2.28. The zero-order valence-electron chi connectivity index (χ0n) is 22.3. The van der Waals surface area contributed by atoms with E-state index in [2.05, 4.69) is 159 Å². The highest BCUT2D eigenvalue weighted by molar-refractivity contribution is 7.73. The highest BCUT2D eigenvalue weighted by Crippen LogP contribution is 2.54. The van der Waals surface area contributed by atoms with Crippen molar-refractivity contribution in [1.82, 2.24) is 0 Å². The normalized spacial score (nSPS) is 12.9. The molecule has 0 spiro atoms. The van der Waals surface area contributed by atoms with Gasteiger partial charge in [-0.3, -0.25) is 0 Å². The Hall–Kier alpha value is -3.04. The summed E-state index contributed by atoms with van der Waals surface area (Å²) in [5, 5.41) is 5.81. The molecule has 2 atom stereocenters. The average Bonchev–Trinajstić information content (AvgIpc) is 3.00. The minimum Gasteiger partial charge on any atom is -0.0644 e. The first-order chi connectivity index (χ1) is 18.8. The Kier molecular flexibility index (Phi) is 9.19. The number of hydrogen-bond acceptors (Lipinski definition) is 0. The molecule has 0 aromatic heterocycles. The van der Waals surface area contributed by atoms with Crippen molar-refractivity contribution < 1.29 is 0 Å². The van der Waals surface area contributed by atoms with Gasteiger partial charge >= 0.3 is 0 Å². The maximum Gasteiger partial charge on any atom is 0.0119 e. The monoisotopic (exact) mass is 530 g/mol. The van der Waals surface area contributed by atoms with Crippen LogP contribution in [0.5, 0.6) is 0 Å². The van der Waals surface area contributed by atoms with Gasteiger partial charge in [-0.15, -0.1) is 0 Å². The van der Waals surface area contributed by atoms with E-state index in [0.717, 1.165) is 12.8 Å². The van der Waals surface area contributed by atoms with Gasteiger partial charge in [-0.2, -0.15) is 0 Å². The van der Waals surface area contributed by atoms with Crippen molar-refractivity contribution in [3.8, 4) is 0 Å². The summed E-state index contributed by atoms with van der Waals surface area (Å²) < 4.78 is 0. The topological polar surface area (TPSA) is 0 Å². The van der Waals surface area contributed by atoms with Crippen molar-refractivity contribution in [1.29, 1.82) is 0 Å². The predicted molar refractivity (Wildman–Crippen MR) is 171 cm³/mol. The van der Waals surface area contributed by atoms with Gasteiger partial charge in [0.1, 0.15) is 0 Å². The zero-order chi connectivity index (χ0) is 26.2. The zero-order valence-corrected chi connectivity index (χ0v) is 24.1. The first-order valence-electron chi connectivity index (χ1n) is 13.7. The van der Waals surface area contributed by atoms with Crippen molar-refractivity contribution in [2.75, 3.05) is 0 Å². The molecule has 5 rings (SSSR count). The van der Waals surface area contributed by atoms with Crippen molar-refractivity contribution >= 4 is 37.1 Å². The van der Waals surface area contributed by atoms with Crippen molar-refractivity contribution in [3.05, 3.63) is 157 Å². The summed E-state index contributed by atoms with van der Waals surface area (Å²) in [6.45, 7) is 4.72. The van der Waals surface area contributed by atoms with Crippen LogP contribution in [0.1, 0.15) is 49.1 Å². The lowest BCUT2D eigenvalue weighted by atomic mass is 10.0. The standard InChI is InChI=1S/C36H36P2/c1-3-35(37(31-20-9-5-10-21-31)32-22-11-6-12-23-32)29-18-17-19-30(28-29)36(4-2)38(33-24-13-7-14-25-33)34-26-15-8-16-27-34/h5-28,35-36H,3-4H2,1-2H3/t35-,36-/m0/s1. The SMILES string of the molecule is CC[C@@H](c1cccc([C@H](CC)P(c2ccccc2)c2ccccc2)c1)P(c1ccccc1)c1ccccc1. The summed E-state index contributed by atoms with van der Waals surface area (Å²) in [6, 6.07) is 54.2. The summed E-state index contributed by atoms with van der Waals surface area (Å²) >= 11 is 0. The van der Waals surface area contributed by atoms with Gasteiger partial charge < -0.3 is 0 Å². The van der Waals surface area contributed by atoms with E-state index >= 15 is 0 Å². The van der Waals surface area contributed by atoms with E-state index in [1.54, 1.807) is 0 Å². The van der Waals surface area contributed by atoms with Crippen LogP contribution in [-0.2, 0) is 0 Å². The number of hydrogen-bond donors (Lipinski definition) is 0. The third kappa shape index (κ3) is 5.99. The Morgan fingerprint density at radius 1 is 0.395 bits per heavy atom. The van der Waals surface area contributed by atoms with Gasteiger partial charge in [-0.25, -0.2) is 0 Å². The van der Waals surface area contributed by atoms with Gasteiger partial charge in [0, 0.05) is 11.3 Å². The molecule has 0 aliphatic carbocycles. The Balaban J connectivity index is 1.58. The largest absolute Gasteiger partial charge is 0.0644 e. The fourth-order valence-corrected chi connectivity index (χ4v) is 11.1. The quantitative estimate of drug-likeness (QED) is 0.158. The molecule has 0 aliphatic heterocycles. The lowest BCUT2D eigenvalue weighted by Gasteiger charge is -2.31. The summed E-state index contributed by atoms with van der Waals surface area (Å²) in [7, 11) is -1.05. The molecule has 0 N–H and O–H groups in total. The van der Waals surface area contributed by atoms with E-state index in [-0.39, 0.29) is 0 Å². The second-order valence-corrected chi connectivity index (χ2v) is 14.4. The smallest absolute Gasteiger partial charge is 0.0119 e. The molecule has 38 heavy (non-hydrogen) atoms. The molecule has 0 bridgehead atoms. The molecule has 0 heterocycles. The Morgan fingerprint density at radius 2 is 0.684 bits per heavy atom. The van der Waals surface area contributed by atoms with Gasteiger partial charge in [-0.05, 0) is 61.0 Å². The second kappa shape index (κ2) is 13.2. The molecule has 190 valence electrons. The highest BCUT2D eigenvalue weighted by atomic mass is 31.1. The van der Waals surface area contributed by atoms with E-state index in [4.69, 9.17) is 0 Å². The molecule has 0 amide bonds.